The molecule has 4 nitrogen and oxygen atoms in total. The Morgan fingerprint density at radius 2 is 1.88 bits per heavy atom. The predicted octanol–water partition coefficient (Wildman–Crippen LogP) is 2.42. The molecule has 94 valence electrons. The van der Waals surface area contributed by atoms with Gasteiger partial charge in [0.25, 0.3) is 0 Å². The van der Waals surface area contributed by atoms with Crippen LogP contribution in [0.5, 0.6) is 0 Å². The van der Waals surface area contributed by atoms with Crippen molar-refractivity contribution in [3.8, 4) is 0 Å². The zero-order chi connectivity index (χ0) is 12.7. The molecule has 0 bridgehead atoms. The van der Waals surface area contributed by atoms with Crippen LogP contribution in [0.15, 0.2) is 24.3 Å². The van der Waals surface area contributed by atoms with Crippen LogP contribution in [0.4, 0.5) is 11.4 Å². The van der Waals surface area contributed by atoms with E-state index < -0.39 is 5.97 Å². The molecular formula is C13H20N2O2. The Kier molecular flexibility index (Phi) is 5.33. The van der Waals surface area contributed by atoms with Crippen molar-refractivity contribution in [1.29, 1.82) is 0 Å². The van der Waals surface area contributed by atoms with Gasteiger partial charge < -0.3 is 15.3 Å². The summed E-state index contributed by atoms with van der Waals surface area (Å²) in [5, 5.41) is 11.8. The van der Waals surface area contributed by atoms with Gasteiger partial charge in [0, 0.05) is 38.4 Å². The number of rotatable bonds is 7. The molecule has 0 amide bonds. The van der Waals surface area contributed by atoms with Crippen molar-refractivity contribution < 1.29 is 9.90 Å². The summed E-state index contributed by atoms with van der Waals surface area (Å²) in [6.45, 7) is 0.814. The maximum Gasteiger partial charge on any atom is 0.303 e. The normalized spacial score (nSPS) is 10.0. The van der Waals surface area contributed by atoms with Gasteiger partial charge in [-0.15, -0.1) is 0 Å². The Labute approximate surface area is 102 Å². The van der Waals surface area contributed by atoms with Gasteiger partial charge in [-0.05, 0) is 37.1 Å². The molecular weight excluding hydrogens is 216 g/mol. The zero-order valence-electron chi connectivity index (χ0n) is 10.4. The fourth-order valence-corrected chi connectivity index (χ4v) is 1.51. The first kappa shape index (κ1) is 13.4. The third kappa shape index (κ3) is 5.24. The Bertz CT molecular complexity index is 347. The van der Waals surface area contributed by atoms with Crippen molar-refractivity contribution in [3.63, 3.8) is 0 Å². The molecule has 1 aromatic rings. The number of hydrogen-bond acceptors (Lipinski definition) is 3. The van der Waals surface area contributed by atoms with Crippen LogP contribution in [-0.2, 0) is 4.79 Å². The highest BCUT2D eigenvalue weighted by atomic mass is 16.4. The predicted molar refractivity (Wildman–Crippen MR) is 70.7 cm³/mol. The Morgan fingerprint density at radius 1 is 1.24 bits per heavy atom. The summed E-state index contributed by atoms with van der Waals surface area (Å²) in [5.41, 5.74) is 2.24. The number of aliphatic carboxylic acids is 1. The molecule has 0 aliphatic carbocycles. The first-order chi connectivity index (χ1) is 8.09. The van der Waals surface area contributed by atoms with E-state index in [1.165, 1.54) is 5.69 Å². The number of hydrogen-bond donors (Lipinski definition) is 2. The van der Waals surface area contributed by atoms with E-state index in [0.717, 1.165) is 25.1 Å². The van der Waals surface area contributed by atoms with Crippen molar-refractivity contribution in [2.75, 3.05) is 30.9 Å². The molecule has 2 N–H and O–H groups in total. The van der Waals surface area contributed by atoms with Gasteiger partial charge in [-0.3, -0.25) is 4.79 Å². The highest BCUT2D eigenvalue weighted by Gasteiger charge is 1.97. The molecule has 0 fully saturated rings. The van der Waals surface area contributed by atoms with Crippen molar-refractivity contribution in [1.82, 2.24) is 0 Å². The number of unbranched alkanes of at least 4 members (excludes halogenated alkanes) is 1. The lowest BCUT2D eigenvalue weighted by molar-refractivity contribution is -0.137. The van der Waals surface area contributed by atoms with E-state index in [-0.39, 0.29) is 6.42 Å². The second-order valence-corrected chi connectivity index (χ2v) is 4.22. The van der Waals surface area contributed by atoms with E-state index in [1.54, 1.807) is 0 Å². The lowest BCUT2D eigenvalue weighted by Gasteiger charge is -2.13. The molecule has 17 heavy (non-hydrogen) atoms. The minimum absolute atomic E-state index is 0.251. The molecule has 0 saturated heterocycles. The first-order valence-corrected chi connectivity index (χ1v) is 5.82. The quantitative estimate of drug-likeness (QED) is 0.714. The molecule has 0 aliphatic rings. The Morgan fingerprint density at radius 3 is 2.41 bits per heavy atom. The third-order valence-electron chi connectivity index (χ3n) is 2.53. The van der Waals surface area contributed by atoms with Gasteiger partial charge >= 0.3 is 5.97 Å². The average Bonchev–Trinajstić information content (AvgIpc) is 2.29. The standard InChI is InChI=1S/C13H20N2O2/c1-15(2)12-8-6-11(7-9-12)14-10-4-3-5-13(16)17/h6-9,14H,3-5,10H2,1-2H3,(H,16,17). The summed E-state index contributed by atoms with van der Waals surface area (Å²) >= 11 is 0. The molecule has 0 saturated carbocycles. The van der Waals surface area contributed by atoms with Gasteiger partial charge in [0.15, 0.2) is 0 Å². The van der Waals surface area contributed by atoms with E-state index in [2.05, 4.69) is 22.3 Å². The van der Waals surface area contributed by atoms with Crippen molar-refractivity contribution >= 4 is 17.3 Å². The lowest BCUT2D eigenvalue weighted by atomic mass is 10.2. The largest absolute Gasteiger partial charge is 0.481 e. The van der Waals surface area contributed by atoms with E-state index in [4.69, 9.17) is 5.11 Å². The number of benzene rings is 1. The van der Waals surface area contributed by atoms with E-state index >= 15 is 0 Å². The van der Waals surface area contributed by atoms with Crippen molar-refractivity contribution in [3.05, 3.63) is 24.3 Å². The summed E-state index contributed by atoms with van der Waals surface area (Å²) < 4.78 is 0. The van der Waals surface area contributed by atoms with Crippen LogP contribution in [0, 0.1) is 0 Å². The van der Waals surface area contributed by atoms with Crippen LogP contribution in [0.1, 0.15) is 19.3 Å². The van der Waals surface area contributed by atoms with E-state index in [0.29, 0.717) is 0 Å². The molecule has 0 atom stereocenters. The number of carboxylic acids is 1. The van der Waals surface area contributed by atoms with Gasteiger partial charge in [0.1, 0.15) is 0 Å². The molecule has 1 rings (SSSR count). The molecule has 4 heteroatoms. The van der Waals surface area contributed by atoms with Gasteiger partial charge in [0.2, 0.25) is 0 Å². The maximum atomic E-state index is 10.3. The van der Waals surface area contributed by atoms with Crippen LogP contribution >= 0.6 is 0 Å². The number of nitrogens with zero attached hydrogens (tertiary/aromatic N) is 1. The molecule has 1 aromatic carbocycles. The van der Waals surface area contributed by atoms with Crippen LogP contribution in [0.3, 0.4) is 0 Å². The van der Waals surface area contributed by atoms with Crippen LogP contribution in [0.25, 0.3) is 0 Å². The fourth-order valence-electron chi connectivity index (χ4n) is 1.51. The lowest BCUT2D eigenvalue weighted by Crippen LogP contribution is -2.08. The molecule has 0 aromatic heterocycles. The van der Waals surface area contributed by atoms with E-state index in [1.807, 2.05) is 26.2 Å². The second-order valence-electron chi connectivity index (χ2n) is 4.22. The average molecular weight is 236 g/mol. The highest BCUT2D eigenvalue weighted by Crippen LogP contribution is 2.15. The summed E-state index contributed by atoms with van der Waals surface area (Å²) in [7, 11) is 4.02. The molecule has 0 heterocycles. The molecule has 0 radical (unpaired) electrons. The topological polar surface area (TPSA) is 52.6 Å². The number of anilines is 2. The Hall–Kier alpha value is -1.71. The molecule has 0 aliphatic heterocycles. The SMILES string of the molecule is CN(C)c1ccc(NCCCCC(=O)O)cc1. The van der Waals surface area contributed by atoms with Gasteiger partial charge in [0.05, 0.1) is 0 Å². The second kappa shape index (κ2) is 6.78. The summed E-state index contributed by atoms with van der Waals surface area (Å²) in [4.78, 5) is 12.4. The maximum absolute atomic E-state index is 10.3. The molecule has 0 spiro atoms. The summed E-state index contributed by atoms with van der Waals surface area (Å²) in [5.74, 6) is -0.722. The fraction of sp³-hybridized carbons (Fsp3) is 0.462. The van der Waals surface area contributed by atoms with Crippen LogP contribution < -0.4 is 10.2 Å². The minimum Gasteiger partial charge on any atom is -0.481 e. The van der Waals surface area contributed by atoms with Gasteiger partial charge in [-0.25, -0.2) is 0 Å². The number of carboxylic acid groups (broad SMARTS) is 1. The third-order valence-corrected chi connectivity index (χ3v) is 2.53. The highest BCUT2D eigenvalue weighted by molar-refractivity contribution is 5.66. The monoisotopic (exact) mass is 236 g/mol. The zero-order valence-corrected chi connectivity index (χ0v) is 10.4. The smallest absolute Gasteiger partial charge is 0.303 e. The molecule has 0 unspecified atom stereocenters. The Balaban J connectivity index is 2.25. The van der Waals surface area contributed by atoms with Crippen molar-refractivity contribution in [2.45, 2.75) is 19.3 Å². The number of nitrogens with one attached hydrogen (secondary N) is 1. The van der Waals surface area contributed by atoms with Crippen LogP contribution in [-0.4, -0.2) is 31.7 Å². The van der Waals surface area contributed by atoms with E-state index in [9.17, 15) is 4.79 Å². The number of carbonyl (C=O) groups is 1. The van der Waals surface area contributed by atoms with Crippen LogP contribution in [0.2, 0.25) is 0 Å². The summed E-state index contributed by atoms with van der Waals surface area (Å²) in [6, 6.07) is 8.18. The van der Waals surface area contributed by atoms with Crippen molar-refractivity contribution in [2.24, 2.45) is 0 Å². The first-order valence-electron chi connectivity index (χ1n) is 5.82. The summed E-state index contributed by atoms with van der Waals surface area (Å²) in [6.07, 6.45) is 1.85. The van der Waals surface area contributed by atoms with Gasteiger partial charge in [-0.2, -0.15) is 0 Å². The van der Waals surface area contributed by atoms with Gasteiger partial charge in [-0.1, -0.05) is 0 Å². The minimum atomic E-state index is -0.722.